The second kappa shape index (κ2) is 10.3. The van der Waals surface area contributed by atoms with Crippen LogP contribution < -0.4 is 0 Å². The molecule has 4 aromatic rings. The van der Waals surface area contributed by atoms with Gasteiger partial charge < -0.3 is 9.80 Å². The Morgan fingerprint density at radius 2 is 1.79 bits per heavy atom. The van der Waals surface area contributed by atoms with E-state index in [1.165, 1.54) is 16.5 Å². The minimum atomic E-state index is -0.267. The van der Waals surface area contributed by atoms with Crippen molar-refractivity contribution in [2.45, 2.75) is 25.4 Å². The Labute approximate surface area is 226 Å². The van der Waals surface area contributed by atoms with Crippen LogP contribution in [0.4, 0.5) is 4.39 Å². The molecule has 2 unspecified atom stereocenters. The van der Waals surface area contributed by atoms with E-state index in [1.807, 2.05) is 65.3 Å². The minimum Gasteiger partial charge on any atom is -0.338 e. The summed E-state index contributed by atoms with van der Waals surface area (Å²) in [5, 5.41) is 4.07. The first kappa shape index (κ1) is 24.8. The summed E-state index contributed by atoms with van der Waals surface area (Å²) in [5.41, 5.74) is 2.74. The van der Waals surface area contributed by atoms with Gasteiger partial charge in [-0.25, -0.2) is 4.39 Å². The molecule has 5 nitrogen and oxygen atoms in total. The van der Waals surface area contributed by atoms with E-state index in [-0.39, 0.29) is 36.3 Å². The third kappa shape index (κ3) is 4.61. The summed E-state index contributed by atoms with van der Waals surface area (Å²) >= 11 is 1.73. The van der Waals surface area contributed by atoms with E-state index < -0.39 is 0 Å². The van der Waals surface area contributed by atoms with Crippen molar-refractivity contribution in [3.8, 4) is 0 Å². The fourth-order valence-corrected chi connectivity index (χ4v) is 6.84. The number of hydrogen-bond donors (Lipinski definition) is 0. The monoisotopic (exact) mass is 527 g/mol. The maximum absolute atomic E-state index is 14.1. The normalized spacial score (nSPS) is 19.9. The predicted molar refractivity (Wildman–Crippen MR) is 149 cm³/mol. The second-order valence-electron chi connectivity index (χ2n) is 10.2. The Morgan fingerprint density at radius 3 is 2.63 bits per heavy atom. The molecule has 0 spiro atoms. The number of fused-ring (bicyclic) bond motifs is 2. The molecular weight excluding hydrogens is 497 g/mol. The lowest BCUT2D eigenvalue weighted by molar-refractivity contribution is -0.135. The number of carbonyl (C=O) groups is 2. The van der Waals surface area contributed by atoms with E-state index in [1.54, 1.807) is 23.5 Å². The van der Waals surface area contributed by atoms with Crippen molar-refractivity contribution in [3.63, 3.8) is 0 Å². The number of halogens is 1. The molecule has 2 aliphatic rings. The van der Waals surface area contributed by atoms with E-state index >= 15 is 0 Å². The van der Waals surface area contributed by atoms with Gasteiger partial charge in [-0.1, -0.05) is 48.5 Å². The Bertz CT molecular complexity index is 1500. The summed E-state index contributed by atoms with van der Waals surface area (Å²) in [6.45, 7) is 4.52. The van der Waals surface area contributed by atoms with Gasteiger partial charge in [0.05, 0.1) is 12.6 Å². The molecule has 2 aliphatic heterocycles. The number of hydrogen-bond acceptors (Lipinski definition) is 4. The lowest BCUT2D eigenvalue weighted by Gasteiger charge is -2.42. The highest BCUT2D eigenvalue weighted by atomic mass is 32.1. The molecule has 38 heavy (non-hydrogen) atoms. The van der Waals surface area contributed by atoms with Crippen LogP contribution in [0.3, 0.4) is 0 Å². The summed E-state index contributed by atoms with van der Waals surface area (Å²) < 4.78 is 14.1. The number of nitrogens with zero attached hydrogens (tertiary/aromatic N) is 3. The molecule has 7 heteroatoms. The molecule has 3 heterocycles. The molecule has 0 N–H and O–H groups in total. The smallest absolute Gasteiger partial charge is 0.254 e. The third-order valence-electron chi connectivity index (χ3n) is 7.83. The molecule has 0 radical (unpaired) electrons. The number of thiophene rings is 1. The van der Waals surface area contributed by atoms with Crippen LogP contribution in [-0.2, 0) is 11.2 Å². The van der Waals surface area contributed by atoms with Gasteiger partial charge in [0.2, 0.25) is 5.91 Å². The maximum atomic E-state index is 14.1. The van der Waals surface area contributed by atoms with E-state index in [0.717, 1.165) is 29.3 Å². The molecule has 0 bridgehead atoms. The van der Waals surface area contributed by atoms with Crippen molar-refractivity contribution in [1.82, 2.24) is 14.7 Å². The average molecular weight is 528 g/mol. The van der Waals surface area contributed by atoms with Crippen molar-refractivity contribution < 1.29 is 14.0 Å². The molecular formula is C31H30FN3O2S. The van der Waals surface area contributed by atoms with Gasteiger partial charge in [0, 0.05) is 42.7 Å². The van der Waals surface area contributed by atoms with Gasteiger partial charge >= 0.3 is 0 Å². The van der Waals surface area contributed by atoms with Gasteiger partial charge in [0.25, 0.3) is 5.91 Å². The highest BCUT2D eigenvalue weighted by Crippen LogP contribution is 2.38. The van der Waals surface area contributed by atoms with Crippen molar-refractivity contribution in [3.05, 3.63) is 106 Å². The number of benzene rings is 3. The first-order valence-corrected chi connectivity index (χ1v) is 14.0. The quantitative estimate of drug-likeness (QED) is 0.359. The molecule has 2 atom stereocenters. The molecule has 0 saturated carbocycles. The van der Waals surface area contributed by atoms with Crippen LogP contribution >= 0.6 is 11.3 Å². The Balaban J connectivity index is 1.17. The Morgan fingerprint density at radius 1 is 0.974 bits per heavy atom. The Kier molecular flexibility index (Phi) is 6.72. The predicted octanol–water partition coefficient (Wildman–Crippen LogP) is 5.36. The van der Waals surface area contributed by atoms with Crippen molar-refractivity contribution in [1.29, 1.82) is 0 Å². The number of amides is 2. The Hall–Kier alpha value is -3.55. The van der Waals surface area contributed by atoms with Crippen LogP contribution in [0, 0.1) is 5.82 Å². The summed E-state index contributed by atoms with van der Waals surface area (Å²) in [6.07, 6.45) is 0.885. The summed E-state index contributed by atoms with van der Waals surface area (Å²) in [6, 6.07) is 22.3. The van der Waals surface area contributed by atoms with Crippen molar-refractivity contribution >= 4 is 33.9 Å². The van der Waals surface area contributed by atoms with Crippen LogP contribution in [0.25, 0.3) is 10.8 Å². The van der Waals surface area contributed by atoms with Crippen molar-refractivity contribution in [2.75, 3.05) is 32.7 Å². The molecule has 1 aromatic heterocycles. The van der Waals surface area contributed by atoms with Crippen molar-refractivity contribution in [2.24, 2.45) is 0 Å². The molecule has 194 valence electrons. The first-order chi connectivity index (χ1) is 18.5. The number of rotatable bonds is 4. The van der Waals surface area contributed by atoms with E-state index in [9.17, 15) is 14.0 Å². The van der Waals surface area contributed by atoms with Crippen LogP contribution in [0.5, 0.6) is 0 Å². The largest absolute Gasteiger partial charge is 0.338 e. The number of carbonyl (C=O) groups excluding carboxylic acids is 2. The zero-order valence-electron chi connectivity index (χ0n) is 21.3. The topological polar surface area (TPSA) is 43.9 Å². The zero-order valence-corrected chi connectivity index (χ0v) is 22.2. The third-order valence-corrected chi connectivity index (χ3v) is 8.83. The standard InChI is InChI=1S/C31H30FN3O2S/c1-21-19-33(15-16-35(21)31(37)26-11-5-7-22-6-2-3-10-25(22)26)29(36)20-34-14-12-28-27(13-17-38-28)30(34)23-8-4-9-24(32)18-23/h2-11,13,17-18,21,30H,12,14-16,19-20H2,1H3. The van der Waals surface area contributed by atoms with Crippen LogP contribution in [-0.4, -0.2) is 65.3 Å². The summed E-state index contributed by atoms with van der Waals surface area (Å²) in [7, 11) is 0. The minimum absolute atomic E-state index is 0.00795. The fourth-order valence-electron chi connectivity index (χ4n) is 5.93. The SMILES string of the molecule is CC1CN(C(=O)CN2CCc3sccc3C2c2cccc(F)c2)CCN1C(=O)c1cccc2ccccc12. The van der Waals surface area contributed by atoms with Crippen LogP contribution in [0.15, 0.2) is 78.2 Å². The summed E-state index contributed by atoms with van der Waals surface area (Å²) in [5.74, 6) is -0.209. The molecule has 2 amide bonds. The van der Waals surface area contributed by atoms with Crippen LogP contribution in [0.1, 0.15) is 39.3 Å². The van der Waals surface area contributed by atoms with Gasteiger partial charge in [-0.2, -0.15) is 0 Å². The second-order valence-corrected chi connectivity index (χ2v) is 11.2. The molecule has 1 fully saturated rings. The van der Waals surface area contributed by atoms with Gasteiger partial charge in [-0.3, -0.25) is 14.5 Å². The average Bonchev–Trinajstić information content (AvgIpc) is 3.41. The zero-order chi connectivity index (χ0) is 26.2. The van der Waals surface area contributed by atoms with Gasteiger partial charge in [0.1, 0.15) is 5.82 Å². The summed E-state index contributed by atoms with van der Waals surface area (Å²) in [4.78, 5) is 34.3. The van der Waals surface area contributed by atoms with Gasteiger partial charge in [0.15, 0.2) is 0 Å². The van der Waals surface area contributed by atoms with E-state index in [2.05, 4.69) is 16.3 Å². The molecule has 3 aromatic carbocycles. The molecule has 0 aliphatic carbocycles. The van der Waals surface area contributed by atoms with E-state index in [4.69, 9.17) is 0 Å². The van der Waals surface area contributed by atoms with E-state index in [0.29, 0.717) is 25.2 Å². The molecule has 1 saturated heterocycles. The number of piperazine rings is 1. The fraction of sp³-hybridized carbons (Fsp3) is 0.290. The highest BCUT2D eigenvalue weighted by molar-refractivity contribution is 7.10. The lowest BCUT2D eigenvalue weighted by Crippen LogP contribution is -2.57. The first-order valence-electron chi connectivity index (χ1n) is 13.1. The lowest BCUT2D eigenvalue weighted by atomic mass is 9.93. The van der Waals surface area contributed by atoms with Gasteiger partial charge in [-0.15, -0.1) is 11.3 Å². The van der Waals surface area contributed by atoms with Crippen LogP contribution in [0.2, 0.25) is 0 Å². The highest BCUT2D eigenvalue weighted by Gasteiger charge is 2.35. The van der Waals surface area contributed by atoms with Gasteiger partial charge in [-0.05, 0) is 64.9 Å². The maximum Gasteiger partial charge on any atom is 0.254 e. The molecule has 6 rings (SSSR count).